The summed E-state index contributed by atoms with van der Waals surface area (Å²) in [6.07, 6.45) is 1.80. The van der Waals surface area contributed by atoms with Crippen LogP contribution in [0.2, 0.25) is 0 Å². The number of anilines is 3. The Kier molecular flexibility index (Phi) is 3.93. The molecule has 0 aromatic carbocycles. The molecule has 21 heavy (non-hydrogen) atoms. The van der Waals surface area contributed by atoms with Gasteiger partial charge in [-0.05, 0) is 0 Å². The van der Waals surface area contributed by atoms with E-state index < -0.39 is 0 Å². The van der Waals surface area contributed by atoms with Crippen molar-refractivity contribution in [1.29, 1.82) is 0 Å². The maximum absolute atomic E-state index is 12.5. The highest BCUT2D eigenvalue weighted by atomic mass is 32.1. The summed E-state index contributed by atoms with van der Waals surface area (Å²) in [5, 5.41) is 6.55. The molecule has 0 atom stereocenters. The number of hydrogen-bond acceptors (Lipinski definition) is 8. The van der Waals surface area contributed by atoms with Crippen molar-refractivity contribution in [2.75, 3.05) is 49.2 Å². The van der Waals surface area contributed by atoms with Gasteiger partial charge in [0.2, 0.25) is 0 Å². The Morgan fingerprint density at radius 3 is 2.71 bits per heavy atom. The zero-order chi connectivity index (χ0) is 14.8. The van der Waals surface area contributed by atoms with Crippen LogP contribution in [0.25, 0.3) is 0 Å². The van der Waals surface area contributed by atoms with Gasteiger partial charge in [-0.15, -0.1) is 11.3 Å². The van der Waals surface area contributed by atoms with Crippen molar-refractivity contribution in [3.8, 4) is 0 Å². The van der Waals surface area contributed by atoms with E-state index >= 15 is 0 Å². The van der Waals surface area contributed by atoms with Crippen molar-refractivity contribution in [2.24, 2.45) is 0 Å². The van der Waals surface area contributed by atoms with Gasteiger partial charge in [0.1, 0.15) is 10.7 Å². The number of nitrogens with one attached hydrogen (secondary N) is 1. The number of aromatic nitrogens is 2. The van der Waals surface area contributed by atoms with E-state index in [1.165, 1.54) is 11.3 Å². The van der Waals surface area contributed by atoms with Gasteiger partial charge in [0, 0.05) is 44.8 Å². The molecule has 3 rings (SSSR count). The molecular formula is C12H16N6OS2. The molecule has 112 valence electrons. The molecule has 0 saturated carbocycles. The molecule has 0 radical (unpaired) electrons. The van der Waals surface area contributed by atoms with Gasteiger partial charge < -0.3 is 20.9 Å². The molecule has 1 amide bonds. The maximum atomic E-state index is 12.5. The van der Waals surface area contributed by atoms with Crippen LogP contribution in [0.4, 0.5) is 16.1 Å². The van der Waals surface area contributed by atoms with Crippen molar-refractivity contribution < 1.29 is 4.79 Å². The molecule has 3 N–H and O–H groups in total. The molecule has 0 aliphatic carbocycles. The van der Waals surface area contributed by atoms with Crippen molar-refractivity contribution in [2.45, 2.75) is 0 Å². The highest BCUT2D eigenvalue weighted by molar-refractivity contribution is 7.18. The minimum absolute atomic E-state index is 0.0368. The summed E-state index contributed by atoms with van der Waals surface area (Å²) < 4.78 is 0. The second-order valence-corrected chi connectivity index (χ2v) is 6.45. The van der Waals surface area contributed by atoms with Crippen LogP contribution in [0.5, 0.6) is 0 Å². The molecule has 0 unspecified atom stereocenters. The first-order chi connectivity index (χ1) is 10.2. The maximum Gasteiger partial charge on any atom is 0.267 e. The first-order valence-electron chi connectivity index (χ1n) is 6.57. The molecule has 2 aromatic heterocycles. The second kappa shape index (κ2) is 5.86. The monoisotopic (exact) mass is 324 g/mol. The number of hydrogen-bond donors (Lipinski definition) is 2. The van der Waals surface area contributed by atoms with Gasteiger partial charge in [-0.25, -0.2) is 9.97 Å². The smallest absolute Gasteiger partial charge is 0.267 e. The molecule has 3 heterocycles. The number of carbonyl (C=O) groups is 1. The molecule has 1 fully saturated rings. The van der Waals surface area contributed by atoms with E-state index in [2.05, 4.69) is 20.2 Å². The van der Waals surface area contributed by atoms with Crippen molar-refractivity contribution in [1.82, 2.24) is 14.9 Å². The lowest BCUT2D eigenvalue weighted by Crippen LogP contribution is -2.48. The van der Waals surface area contributed by atoms with Crippen molar-refractivity contribution >= 4 is 44.7 Å². The minimum atomic E-state index is -0.0368. The summed E-state index contributed by atoms with van der Waals surface area (Å²) in [5.41, 5.74) is 5.82. The van der Waals surface area contributed by atoms with Gasteiger partial charge in [0.05, 0.1) is 0 Å². The highest BCUT2D eigenvalue weighted by Gasteiger charge is 2.26. The SMILES string of the molecule is CNc1nc(N)c(C(=O)N2CCN(c3nccs3)CC2)s1. The van der Waals surface area contributed by atoms with Crippen LogP contribution < -0.4 is 16.0 Å². The average molecular weight is 324 g/mol. The van der Waals surface area contributed by atoms with Gasteiger partial charge in [0.15, 0.2) is 10.3 Å². The van der Waals surface area contributed by atoms with Crippen LogP contribution in [-0.2, 0) is 0 Å². The van der Waals surface area contributed by atoms with Gasteiger partial charge in [-0.3, -0.25) is 4.79 Å². The summed E-state index contributed by atoms with van der Waals surface area (Å²) in [6.45, 7) is 2.92. The fraction of sp³-hybridized carbons (Fsp3) is 0.417. The molecule has 0 spiro atoms. The Morgan fingerprint density at radius 2 is 2.14 bits per heavy atom. The van der Waals surface area contributed by atoms with Crippen LogP contribution in [0.15, 0.2) is 11.6 Å². The van der Waals surface area contributed by atoms with Gasteiger partial charge in [0.25, 0.3) is 5.91 Å². The van der Waals surface area contributed by atoms with Crippen molar-refractivity contribution in [3.05, 3.63) is 16.5 Å². The Balaban J connectivity index is 1.66. The Hall–Kier alpha value is -1.87. The van der Waals surface area contributed by atoms with E-state index in [4.69, 9.17) is 5.73 Å². The number of nitrogen functional groups attached to an aromatic ring is 1. The Morgan fingerprint density at radius 1 is 1.38 bits per heavy atom. The fourth-order valence-electron chi connectivity index (χ4n) is 2.21. The lowest BCUT2D eigenvalue weighted by Gasteiger charge is -2.34. The van der Waals surface area contributed by atoms with Crippen LogP contribution in [-0.4, -0.2) is 54.0 Å². The topological polar surface area (TPSA) is 87.4 Å². The predicted molar refractivity (Wildman–Crippen MR) is 86.3 cm³/mol. The zero-order valence-electron chi connectivity index (χ0n) is 11.6. The third-order valence-corrected chi connectivity index (χ3v) is 5.23. The largest absolute Gasteiger partial charge is 0.382 e. The quantitative estimate of drug-likeness (QED) is 0.882. The van der Waals surface area contributed by atoms with E-state index in [0.29, 0.717) is 28.9 Å². The molecular weight excluding hydrogens is 308 g/mol. The summed E-state index contributed by atoms with van der Waals surface area (Å²) in [6, 6.07) is 0. The number of nitrogens with zero attached hydrogens (tertiary/aromatic N) is 4. The Labute approximate surface area is 130 Å². The van der Waals surface area contributed by atoms with Crippen molar-refractivity contribution in [3.63, 3.8) is 0 Å². The standard InChI is InChI=1S/C12H16N6OS2/c1-14-11-16-9(13)8(21-11)10(19)17-3-5-18(6-4-17)12-15-2-7-20-12/h2,7H,3-6,13H2,1H3,(H,14,16). The van der Waals surface area contributed by atoms with E-state index in [9.17, 15) is 4.79 Å². The molecule has 7 nitrogen and oxygen atoms in total. The summed E-state index contributed by atoms with van der Waals surface area (Å²) in [7, 11) is 1.76. The molecule has 0 bridgehead atoms. The number of thiazole rings is 2. The predicted octanol–water partition coefficient (Wildman–Crippen LogP) is 1.19. The molecule has 1 saturated heterocycles. The van der Waals surface area contributed by atoms with E-state index in [1.807, 2.05) is 10.3 Å². The highest BCUT2D eigenvalue weighted by Crippen LogP contribution is 2.27. The van der Waals surface area contributed by atoms with Gasteiger partial charge >= 0.3 is 0 Å². The summed E-state index contributed by atoms with van der Waals surface area (Å²) in [5.74, 6) is 0.266. The van der Waals surface area contributed by atoms with Crippen LogP contribution in [0.1, 0.15) is 9.67 Å². The van der Waals surface area contributed by atoms with E-state index in [-0.39, 0.29) is 5.91 Å². The van der Waals surface area contributed by atoms with Gasteiger partial charge in [-0.2, -0.15) is 0 Å². The normalized spacial score (nSPS) is 15.3. The van der Waals surface area contributed by atoms with Crippen LogP contribution in [0.3, 0.4) is 0 Å². The lowest BCUT2D eigenvalue weighted by molar-refractivity contribution is 0.0752. The van der Waals surface area contributed by atoms with Crippen LogP contribution in [0, 0.1) is 0 Å². The number of piperazine rings is 1. The van der Waals surface area contributed by atoms with Crippen LogP contribution >= 0.6 is 22.7 Å². The molecule has 2 aromatic rings. The Bertz CT molecular complexity index is 618. The summed E-state index contributed by atoms with van der Waals surface area (Å²) in [4.78, 5) is 25.5. The summed E-state index contributed by atoms with van der Waals surface area (Å²) >= 11 is 2.92. The third kappa shape index (κ3) is 2.79. The number of amides is 1. The molecule has 1 aliphatic rings. The first kappa shape index (κ1) is 14.1. The lowest BCUT2D eigenvalue weighted by atomic mass is 10.3. The van der Waals surface area contributed by atoms with E-state index in [1.54, 1.807) is 24.6 Å². The average Bonchev–Trinajstić information content (AvgIpc) is 3.16. The zero-order valence-corrected chi connectivity index (χ0v) is 13.2. The minimum Gasteiger partial charge on any atom is -0.382 e. The first-order valence-corrected chi connectivity index (χ1v) is 8.26. The molecule has 9 heteroatoms. The number of nitrogens with two attached hydrogens (primary N) is 1. The molecule has 1 aliphatic heterocycles. The number of rotatable bonds is 3. The number of carbonyl (C=O) groups excluding carboxylic acids is 1. The van der Waals surface area contributed by atoms with Gasteiger partial charge in [-0.1, -0.05) is 11.3 Å². The van der Waals surface area contributed by atoms with E-state index in [0.717, 1.165) is 18.2 Å². The fourth-order valence-corrected chi connectivity index (χ4v) is 3.71. The second-order valence-electron chi connectivity index (χ2n) is 4.58. The third-order valence-electron chi connectivity index (χ3n) is 3.32.